The van der Waals surface area contributed by atoms with Gasteiger partial charge in [-0.15, -0.1) is 0 Å². The summed E-state index contributed by atoms with van der Waals surface area (Å²) < 4.78 is 22.2. The van der Waals surface area contributed by atoms with Crippen LogP contribution >= 0.6 is 11.6 Å². The minimum absolute atomic E-state index is 0.00892. The van der Waals surface area contributed by atoms with Crippen LogP contribution in [-0.2, 0) is 16.1 Å². The first-order valence-corrected chi connectivity index (χ1v) is 14.2. The highest BCUT2D eigenvalue weighted by Crippen LogP contribution is 2.38. The Hall–Kier alpha value is -4.74. The number of carbonyl (C=O) groups is 2. The molecule has 2 N–H and O–H groups in total. The van der Waals surface area contributed by atoms with Gasteiger partial charge in [0, 0.05) is 43.5 Å². The minimum atomic E-state index is -1.14. The summed E-state index contributed by atoms with van der Waals surface area (Å²) in [7, 11) is 2.85. The van der Waals surface area contributed by atoms with Crippen molar-refractivity contribution in [1.82, 2.24) is 4.90 Å². The minimum Gasteiger partial charge on any atom is -0.502 e. The van der Waals surface area contributed by atoms with Crippen LogP contribution in [0.4, 0.5) is 5.69 Å². The van der Waals surface area contributed by atoms with Gasteiger partial charge in [0.2, 0.25) is 11.2 Å². The summed E-state index contributed by atoms with van der Waals surface area (Å²) in [4.78, 5) is 41.2. The molecule has 1 aliphatic heterocycles. The molecular weight excluding hydrogens is 592 g/mol. The number of furan rings is 1. The molecular formula is C32H31ClN2O9. The zero-order valence-corrected chi connectivity index (χ0v) is 24.9. The molecule has 5 rings (SSSR count). The highest BCUT2D eigenvalue weighted by molar-refractivity contribution is 6.33. The summed E-state index contributed by atoms with van der Waals surface area (Å²) in [5.41, 5.74) is 0.762. The Morgan fingerprint density at radius 2 is 1.70 bits per heavy atom. The van der Waals surface area contributed by atoms with Gasteiger partial charge in [0.05, 0.1) is 43.7 Å². The number of carbonyl (C=O) groups excluding carboxylic acids is 1. The Bertz CT molecular complexity index is 1710. The molecule has 0 aliphatic carbocycles. The summed E-state index contributed by atoms with van der Waals surface area (Å²) in [6.07, 6.45) is -0.299. The third-order valence-corrected chi connectivity index (χ3v) is 7.88. The molecule has 11 nitrogen and oxygen atoms in total. The number of nitrogens with zero attached hydrogens (tertiary/aromatic N) is 2. The van der Waals surface area contributed by atoms with E-state index in [1.54, 1.807) is 19.2 Å². The molecule has 0 radical (unpaired) electrons. The van der Waals surface area contributed by atoms with E-state index in [9.17, 15) is 24.6 Å². The number of methoxy groups -OCH3 is 2. The highest BCUT2D eigenvalue weighted by Gasteiger charge is 2.30. The van der Waals surface area contributed by atoms with Crippen molar-refractivity contribution in [2.75, 3.05) is 45.3 Å². The van der Waals surface area contributed by atoms with Crippen molar-refractivity contribution in [2.24, 2.45) is 0 Å². The maximum atomic E-state index is 12.9. The Balaban J connectivity index is 1.39. The van der Waals surface area contributed by atoms with Crippen molar-refractivity contribution >= 4 is 29.2 Å². The number of halogens is 1. The molecule has 1 fully saturated rings. The van der Waals surface area contributed by atoms with Crippen molar-refractivity contribution in [2.45, 2.75) is 18.9 Å². The van der Waals surface area contributed by atoms with E-state index in [1.165, 1.54) is 31.4 Å². The predicted molar refractivity (Wildman–Crippen MR) is 162 cm³/mol. The van der Waals surface area contributed by atoms with Gasteiger partial charge in [-0.3, -0.25) is 14.5 Å². The molecule has 44 heavy (non-hydrogen) atoms. The van der Waals surface area contributed by atoms with E-state index in [0.717, 1.165) is 24.5 Å². The van der Waals surface area contributed by atoms with Crippen LogP contribution in [-0.4, -0.2) is 67.5 Å². The maximum Gasteiger partial charge on any atom is 0.335 e. The first kappa shape index (κ1) is 30.7. The molecule has 0 saturated carbocycles. The van der Waals surface area contributed by atoms with E-state index < -0.39 is 29.0 Å². The Labute approximate surface area is 257 Å². The molecule has 2 aromatic carbocycles. The molecule has 0 unspecified atom stereocenters. The number of hydrogen-bond donors (Lipinski definition) is 2. The fourth-order valence-electron chi connectivity index (χ4n) is 5.15. The molecule has 1 atom stereocenters. The van der Waals surface area contributed by atoms with Gasteiger partial charge in [0.15, 0.2) is 5.76 Å². The first-order valence-electron chi connectivity index (χ1n) is 13.8. The molecule has 2 aromatic heterocycles. The summed E-state index contributed by atoms with van der Waals surface area (Å²) >= 11 is 6.32. The lowest BCUT2D eigenvalue weighted by molar-refractivity contribution is -0.141. The monoisotopic (exact) mass is 622 g/mol. The van der Waals surface area contributed by atoms with Gasteiger partial charge in [-0.05, 0) is 54.6 Å². The number of ether oxygens (including phenoxy) is 2. The van der Waals surface area contributed by atoms with Crippen molar-refractivity contribution in [3.05, 3.63) is 98.8 Å². The van der Waals surface area contributed by atoms with Crippen LogP contribution in [0.1, 0.15) is 40.0 Å². The molecule has 0 bridgehead atoms. The molecule has 1 saturated heterocycles. The second-order valence-corrected chi connectivity index (χ2v) is 10.7. The second-order valence-electron chi connectivity index (χ2n) is 10.3. The maximum absolute atomic E-state index is 12.9. The van der Waals surface area contributed by atoms with Crippen LogP contribution in [0.3, 0.4) is 0 Å². The number of carboxylic acids is 1. The van der Waals surface area contributed by atoms with E-state index in [0.29, 0.717) is 31.0 Å². The number of benzene rings is 2. The lowest BCUT2D eigenvalue weighted by Crippen LogP contribution is -2.46. The largest absolute Gasteiger partial charge is 0.502 e. The molecule has 3 heterocycles. The average molecular weight is 623 g/mol. The van der Waals surface area contributed by atoms with Gasteiger partial charge >= 0.3 is 11.9 Å². The topological polar surface area (TPSA) is 143 Å². The van der Waals surface area contributed by atoms with Crippen molar-refractivity contribution < 1.29 is 38.1 Å². The van der Waals surface area contributed by atoms with Crippen LogP contribution in [0.15, 0.2) is 74.3 Å². The highest BCUT2D eigenvalue weighted by atomic mass is 35.5. The van der Waals surface area contributed by atoms with E-state index in [4.69, 9.17) is 29.9 Å². The summed E-state index contributed by atoms with van der Waals surface area (Å²) in [5.74, 6) is -2.03. The van der Waals surface area contributed by atoms with Gasteiger partial charge in [0.25, 0.3) is 0 Å². The zero-order valence-electron chi connectivity index (χ0n) is 24.1. The van der Waals surface area contributed by atoms with E-state index in [2.05, 4.69) is 9.80 Å². The smallest absolute Gasteiger partial charge is 0.335 e. The molecule has 4 aromatic rings. The van der Waals surface area contributed by atoms with Crippen LogP contribution in [0.25, 0.3) is 11.3 Å². The third kappa shape index (κ3) is 6.74. The third-order valence-electron chi connectivity index (χ3n) is 7.55. The van der Waals surface area contributed by atoms with E-state index in [1.807, 2.05) is 24.3 Å². The Morgan fingerprint density at radius 3 is 2.36 bits per heavy atom. The number of hydrogen-bond acceptors (Lipinski definition) is 10. The number of carboxylic acid groups (broad SMARTS) is 1. The molecule has 230 valence electrons. The second kappa shape index (κ2) is 13.3. The van der Waals surface area contributed by atoms with Crippen LogP contribution in [0.2, 0.25) is 5.02 Å². The Morgan fingerprint density at radius 1 is 0.977 bits per heavy atom. The summed E-state index contributed by atoms with van der Waals surface area (Å²) in [6, 6.07) is 16.4. The van der Waals surface area contributed by atoms with Gasteiger partial charge in [0.1, 0.15) is 23.0 Å². The fourth-order valence-corrected chi connectivity index (χ4v) is 5.36. The lowest BCUT2D eigenvalue weighted by Gasteiger charge is -2.35. The van der Waals surface area contributed by atoms with Crippen LogP contribution in [0.5, 0.6) is 11.5 Å². The van der Waals surface area contributed by atoms with E-state index >= 15 is 0 Å². The van der Waals surface area contributed by atoms with Gasteiger partial charge in [-0.2, -0.15) is 0 Å². The average Bonchev–Trinajstić information content (AvgIpc) is 3.52. The summed E-state index contributed by atoms with van der Waals surface area (Å²) in [6.45, 7) is 3.23. The normalized spacial score (nSPS) is 14.3. The standard InChI is InChI=1S/C32H31ClN2O9/c1-41-21-6-4-20(5-7-21)35-13-11-34(12-14-35)18-22-16-26(36)30(38)31(43-22)24(17-29(37)42-2)28-10-9-27(44-28)23-15-19(32(39)40)3-8-25(23)33/h3-10,15-16,24,38H,11-14,17-18H2,1-2H3,(H,39,40)/t24-/m1/s1. The number of aromatic carboxylic acids is 1. The number of esters is 1. The SMILES string of the molecule is COC(=O)C[C@H](c1ccc(-c2cc(C(=O)O)ccc2Cl)o1)c1oc(CN2CCN(c3ccc(OC)cc3)CC2)cc(=O)c1O. The molecule has 0 amide bonds. The number of rotatable bonds is 10. The number of anilines is 1. The fraction of sp³-hybridized carbons (Fsp3) is 0.281. The van der Waals surface area contributed by atoms with Crippen LogP contribution < -0.4 is 15.1 Å². The zero-order chi connectivity index (χ0) is 31.4. The number of aromatic hydroxyl groups is 1. The molecule has 1 aliphatic rings. The number of piperazine rings is 1. The summed E-state index contributed by atoms with van der Waals surface area (Å²) in [5, 5.41) is 20.4. The predicted octanol–water partition coefficient (Wildman–Crippen LogP) is 4.98. The van der Waals surface area contributed by atoms with Gasteiger partial charge < -0.3 is 33.4 Å². The van der Waals surface area contributed by atoms with Crippen molar-refractivity contribution in [3.8, 4) is 22.8 Å². The Kier molecular flexibility index (Phi) is 9.26. The van der Waals surface area contributed by atoms with E-state index in [-0.39, 0.29) is 34.3 Å². The van der Waals surface area contributed by atoms with Crippen LogP contribution in [0, 0.1) is 0 Å². The van der Waals surface area contributed by atoms with Crippen molar-refractivity contribution in [1.29, 1.82) is 0 Å². The molecule has 0 spiro atoms. The quantitative estimate of drug-likeness (QED) is 0.231. The van der Waals surface area contributed by atoms with Crippen molar-refractivity contribution in [3.63, 3.8) is 0 Å². The first-order chi connectivity index (χ1) is 21.2. The van der Waals surface area contributed by atoms with Gasteiger partial charge in [-0.1, -0.05) is 11.6 Å². The lowest BCUT2D eigenvalue weighted by atomic mass is 9.98. The molecule has 12 heteroatoms. The van der Waals surface area contributed by atoms with Gasteiger partial charge in [-0.25, -0.2) is 4.79 Å².